The number of rotatable bonds is 0. The molecule has 0 N–H and O–H groups in total. The van der Waals surface area contributed by atoms with Crippen LogP contribution in [0.5, 0.6) is 0 Å². The molecule has 0 spiro atoms. The van der Waals surface area contributed by atoms with Gasteiger partial charge in [-0.2, -0.15) is 0 Å². The summed E-state index contributed by atoms with van der Waals surface area (Å²) in [7, 11) is 0. The highest BCUT2D eigenvalue weighted by atomic mass is 13.9. The fourth-order valence-electron chi connectivity index (χ4n) is 1.09. The number of hydrogen-bond acceptors (Lipinski definition) is 0. The van der Waals surface area contributed by atoms with Crippen LogP contribution < -0.4 is 0 Å². The van der Waals surface area contributed by atoms with Gasteiger partial charge in [0.2, 0.25) is 0 Å². The van der Waals surface area contributed by atoms with Gasteiger partial charge >= 0.3 is 0 Å². The van der Waals surface area contributed by atoms with E-state index in [-0.39, 0.29) is 0 Å². The van der Waals surface area contributed by atoms with Crippen molar-refractivity contribution < 1.29 is 0 Å². The maximum Gasteiger partial charge on any atom is -0.0166 e. The molecule has 0 aromatic heterocycles. The second kappa shape index (κ2) is 5.96. The molecule has 0 fully saturated rings. The maximum absolute atomic E-state index is 3.14. The summed E-state index contributed by atoms with van der Waals surface area (Å²) >= 11 is 0. The molecule has 59 valence electrons. The van der Waals surface area contributed by atoms with Gasteiger partial charge in [0.1, 0.15) is 0 Å². The Hall–Kier alpha value is -0.780. The van der Waals surface area contributed by atoms with Crippen LogP contribution in [0.2, 0.25) is 0 Å². The summed E-state index contributed by atoms with van der Waals surface area (Å²) in [6, 6.07) is 0. The molecule has 0 aliphatic heterocycles. The quantitative estimate of drug-likeness (QED) is 0.460. The van der Waals surface area contributed by atoms with Crippen LogP contribution in [0.1, 0.15) is 32.1 Å². The van der Waals surface area contributed by atoms with Crippen molar-refractivity contribution in [2.45, 2.75) is 32.1 Å². The van der Waals surface area contributed by atoms with E-state index in [0.29, 0.717) is 0 Å². The van der Waals surface area contributed by atoms with Crippen molar-refractivity contribution >= 4 is 0 Å². The van der Waals surface area contributed by atoms with Gasteiger partial charge in [0, 0.05) is 0 Å². The van der Waals surface area contributed by atoms with Gasteiger partial charge in [0.05, 0.1) is 0 Å². The van der Waals surface area contributed by atoms with Gasteiger partial charge in [-0.15, -0.1) is 0 Å². The molecule has 1 radical (unpaired) electrons. The summed E-state index contributed by atoms with van der Waals surface area (Å²) in [4.78, 5) is 0. The molecule has 1 aliphatic rings. The minimum atomic E-state index is 1.06. The van der Waals surface area contributed by atoms with Crippen molar-refractivity contribution in [3.63, 3.8) is 0 Å². The van der Waals surface area contributed by atoms with E-state index < -0.39 is 0 Å². The van der Waals surface area contributed by atoms with Crippen molar-refractivity contribution in [3.8, 4) is 0 Å². The summed E-state index contributed by atoms with van der Waals surface area (Å²) < 4.78 is 0. The molecule has 1 rings (SSSR count). The molecule has 0 nitrogen and oxygen atoms in total. The van der Waals surface area contributed by atoms with Crippen LogP contribution in [0.3, 0.4) is 0 Å². The van der Waals surface area contributed by atoms with E-state index in [1.165, 1.54) is 25.7 Å². The first kappa shape index (κ1) is 8.32. The lowest BCUT2D eigenvalue weighted by Crippen LogP contribution is -1.71. The van der Waals surface area contributed by atoms with Crippen molar-refractivity contribution in [1.29, 1.82) is 0 Å². The fourth-order valence-corrected chi connectivity index (χ4v) is 1.09. The normalized spacial score (nSPS) is 28.4. The molecule has 0 aromatic carbocycles. The predicted molar refractivity (Wildman–Crippen MR) is 49.2 cm³/mol. The van der Waals surface area contributed by atoms with Crippen LogP contribution in [-0.4, -0.2) is 0 Å². The zero-order valence-corrected chi connectivity index (χ0v) is 6.92. The molecule has 0 bridgehead atoms. The molecule has 0 atom stereocenters. The Morgan fingerprint density at radius 3 is 2.82 bits per heavy atom. The van der Waals surface area contributed by atoms with Crippen molar-refractivity contribution in [2.75, 3.05) is 0 Å². The second-order valence-corrected chi connectivity index (χ2v) is 2.76. The summed E-state index contributed by atoms with van der Waals surface area (Å²) in [5.41, 5.74) is 0. The van der Waals surface area contributed by atoms with Crippen molar-refractivity contribution in [3.05, 3.63) is 36.5 Å². The lowest BCUT2D eigenvalue weighted by atomic mass is 10.2. The predicted octanol–water partition coefficient (Wildman–Crippen LogP) is 3.42. The third-order valence-corrected chi connectivity index (χ3v) is 1.74. The average molecular weight is 147 g/mol. The van der Waals surface area contributed by atoms with Gasteiger partial charge in [0.15, 0.2) is 0 Å². The Kier molecular flexibility index (Phi) is 4.51. The zero-order chi connectivity index (χ0) is 7.78. The highest BCUT2D eigenvalue weighted by Gasteiger charge is 1.83. The Balaban J connectivity index is 2.35. The smallest absolute Gasteiger partial charge is 0.0166 e. The van der Waals surface area contributed by atoms with E-state index in [2.05, 4.69) is 30.4 Å². The largest absolute Gasteiger partial charge is 0.0882 e. The minimum absolute atomic E-state index is 1.06. The van der Waals surface area contributed by atoms with Crippen LogP contribution in [0, 0.1) is 6.08 Å². The lowest BCUT2D eigenvalue weighted by molar-refractivity contribution is 0.761. The molecule has 0 heterocycles. The molecular formula is C11H15. The van der Waals surface area contributed by atoms with E-state index in [9.17, 15) is 0 Å². The van der Waals surface area contributed by atoms with E-state index in [0.717, 1.165) is 6.42 Å². The zero-order valence-electron chi connectivity index (χ0n) is 6.92. The topological polar surface area (TPSA) is 0 Å². The van der Waals surface area contributed by atoms with Crippen LogP contribution >= 0.6 is 0 Å². The average Bonchev–Trinajstić information content (AvgIpc) is 2.08. The lowest BCUT2D eigenvalue weighted by Gasteiger charge is -1.90. The number of allylic oxidation sites excluding steroid dienone is 6. The summed E-state index contributed by atoms with van der Waals surface area (Å²) in [5, 5.41) is 0. The Labute approximate surface area is 69.3 Å². The minimum Gasteiger partial charge on any atom is -0.0882 e. The molecule has 0 amide bonds. The maximum atomic E-state index is 3.14. The van der Waals surface area contributed by atoms with Gasteiger partial charge < -0.3 is 0 Å². The third-order valence-electron chi connectivity index (χ3n) is 1.74. The van der Waals surface area contributed by atoms with E-state index in [1.807, 2.05) is 6.08 Å². The molecule has 0 aromatic rings. The molecular weight excluding hydrogens is 132 g/mol. The summed E-state index contributed by atoms with van der Waals surface area (Å²) in [6.07, 6.45) is 20.0. The van der Waals surface area contributed by atoms with Crippen molar-refractivity contribution in [1.82, 2.24) is 0 Å². The first-order valence-electron chi connectivity index (χ1n) is 4.38. The van der Waals surface area contributed by atoms with E-state index in [1.54, 1.807) is 0 Å². The molecule has 1 aliphatic carbocycles. The van der Waals surface area contributed by atoms with Crippen LogP contribution in [0.25, 0.3) is 0 Å². The van der Waals surface area contributed by atoms with Crippen molar-refractivity contribution in [2.24, 2.45) is 0 Å². The molecule has 0 saturated carbocycles. The van der Waals surface area contributed by atoms with Crippen LogP contribution in [-0.2, 0) is 0 Å². The van der Waals surface area contributed by atoms with Gasteiger partial charge in [-0.1, -0.05) is 30.4 Å². The SMILES string of the molecule is [C]1=C\CCCC/C=C\C\C=C/1. The first-order chi connectivity index (χ1) is 5.50. The summed E-state index contributed by atoms with van der Waals surface area (Å²) in [6.45, 7) is 0. The molecule has 11 heavy (non-hydrogen) atoms. The molecule has 0 unspecified atom stereocenters. The Bertz CT molecular complexity index is 161. The Morgan fingerprint density at radius 1 is 0.909 bits per heavy atom. The van der Waals surface area contributed by atoms with Crippen LogP contribution in [0.4, 0.5) is 0 Å². The highest BCUT2D eigenvalue weighted by molar-refractivity contribution is 5.00. The van der Waals surface area contributed by atoms with Gasteiger partial charge in [-0.05, 0) is 38.2 Å². The standard InChI is InChI=1S/C11H15/c1-2-4-6-8-10-11-9-7-5-3-1/h1-2,5,7,11H,3-4,6,8,10H2/b2-1-,7-5-,11-9?. The third kappa shape index (κ3) is 4.60. The monoisotopic (exact) mass is 147 g/mol. The Morgan fingerprint density at radius 2 is 1.82 bits per heavy atom. The molecule has 0 saturated heterocycles. The highest BCUT2D eigenvalue weighted by Crippen LogP contribution is 2.03. The fraction of sp³-hybridized carbons (Fsp3) is 0.455. The van der Waals surface area contributed by atoms with E-state index in [4.69, 9.17) is 0 Å². The first-order valence-corrected chi connectivity index (χ1v) is 4.38. The van der Waals surface area contributed by atoms with Crippen LogP contribution in [0.15, 0.2) is 30.4 Å². The van der Waals surface area contributed by atoms with E-state index >= 15 is 0 Å². The van der Waals surface area contributed by atoms with Gasteiger partial charge in [-0.3, -0.25) is 0 Å². The number of hydrogen-bond donors (Lipinski definition) is 0. The molecule has 0 heteroatoms. The second-order valence-electron chi connectivity index (χ2n) is 2.76. The van der Waals surface area contributed by atoms with Gasteiger partial charge in [0.25, 0.3) is 0 Å². The van der Waals surface area contributed by atoms with Gasteiger partial charge in [-0.25, -0.2) is 0 Å². The summed E-state index contributed by atoms with van der Waals surface area (Å²) in [5.74, 6) is 0.